The topological polar surface area (TPSA) is 75.6 Å². The van der Waals surface area contributed by atoms with Gasteiger partial charge in [0.2, 0.25) is 0 Å². The van der Waals surface area contributed by atoms with Gasteiger partial charge < -0.3 is 15.2 Å². The van der Waals surface area contributed by atoms with Gasteiger partial charge in [0.05, 0.1) is 18.1 Å². The minimum Gasteiger partial charge on any atom is -0.394 e. The number of aliphatic hydroxyl groups excluding tert-OH is 1. The Kier molecular flexibility index (Phi) is 6.11. The second-order valence-corrected chi connectivity index (χ2v) is 5.93. The molecule has 18 heavy (non-hydrogen) atoms. The molecule has 0 aliphatic rings. The third-order valence-electron chi connectivity index (χ3n) is 2.31. The molecule has 6 heteroatoms. The third-order valence-corrected chi connectivity index (χ3v) is 3.44. The Morgan fingerprint density at radius 1 is 1.22 bits per heavy atom. The molecule has 1 rings (SSSR count). The third kappa shape index (κ3) is 5.48. The van der Waals surface area contributed by atoms with E-state index in [1.54, 1.807) is 24.3 Å². The van der Waals surface area contributed by atoms with Gasteiger partial charge in [0.25, 0.3) is 0 Å². The molecule has 0 spiro atoms. The SMILES string of the molecule is CS(=O)(=O)c1ccc(NCCCOCCO)cc1. The molecular weight excluding hydrogens is 254 g/mol. The first-order valence-electron chi connectivity index (χ1n) is 5.76. The summed E-state index contributed by atoms with van der Waals surface area (Å²) in [5, 5.41) is 11.7. The van der Waals surface area contributed by atoms with Gasteiger partial charge in [-0.05, 0) is 30.7 Å². The predicted molar refractivity (Wildman–Crippen MR) is 70.6 cm³/mol. The Hall–Kier alpha value is -1.11. The average Bonchev–Trinajstić information content (AvgIpc) is 2.33. The van der Waals surface area contributed by atoms with Crippen LogP contribution >= 0.6 is 0 Å². The minimum atomic E-state index is -3.13. The summed E-state index contributed by atoms with van der Waals surface area (Å²) in [5.74, 6) is 0. The highest BCUT2D eigenvalue weighted by Crippen LogP contribution is 2.13. The fourth-order valence-electron chi connectivity index (χ4n) is 1.39. The molecule has 1 aromatic rings. The van der Waals surface area contributed by atoms with E-state index in [0.717, 1.165) is 18.7 Å². The van der Waals surface area contributed by atoms with E-state index in [0.29, 0.717) is 18.1 Å². The number of sulfone groups is 1. The van der Waals surface area contributed by atoms with Crippen LogP contribution in [0.25, 0.3) is 0 Å². The summed E-state index contributed by atoms with van der Waals surface area (Å²) in [6, 6.07) is 6.65. The van der Waals surface area contributed by atoms with Crippen molar-refractivity contribution < 1.29 is 18.3 Å². The first-order chi connectivity index (χ1) is 8.54. The maximum absolute atomic E-state index is 11.2. The van der Waals surface area contributed by atoms with E-state index in [1.807, 2.05) is 0 Å². The van der Waals surface area contributed by atoms with E-state index < -0.39 is 9.84 Å². The molecule has 0 saturated carbocycles. The first-order valence-corrected chi connectivity index (χ1v) is 7.66. The van der Waals surface area contributed by atoms with Gasteiger partial charge >= 0.3 is 0 Å². The van der Waals surface area contributed by atoms with Crippen LogP contribution in [-0.2, 0) is 14.6 Å². The molecule has 2 N–H and O–H groups in total. The van der Waals surface area contributed by atoms with E-state index in [9.17, 15) is 8.42 Å². The Morgan fingerprint density at radius 2 is 1.89 bits per heavy atom. The lowest BCUT2D eigenvalue weighted by Crippen LogP contribution is -2.07. The summed E-state index contributed by atoms with van der Waals surface area (Å²) >= 11 is 0. The predicted octanol–water partition coefficient (Wildman–Crippen LogP) is 0.901. The molecule has 102 valence electrons. The minimum absolute atomic E-state index is 0.0420. The lowest BCUT2D eigenvalue weighted by molar-refractivity contribution is 0.0922. The van der Waals surface area contributed by atoms with Crippen LogP contribution in [0.15, 0.2) is 29.2 Å². The van der Waals surface area contributed by atoms with Gasteiger partial charge in [-0.15, -0.1) is 0 Å². The van der Waals surface area contributed by atoms with Crippen molar-refractivity contribution in [2.45, 2.75) is 11.3 Å². The van der Waals surface area contributed by atoms with Gasteiger partial charge in [-0.2, -0.15) is 0 Å². The van der Waals surface area contributed by atoms with Crippen molar-refractivity contribution in [2.75, 3.05) is 37.9 Å². The van der Waals surface area contributed by atoms with Gasteiger partial charge in [-0.1, -0.05) is 0 Å². The van der Waals surface area contributed by atoms with Crippen LogP contribution < -0.4 is 5.32 Å². The van der Waals surface area contributed by atoms with Crippen molar-refractivity contribution >= 4 is 15.5 Å². The van der Waals surface area contributed by atoms with Crippen LogP contribution in [-0.4, -0.2) is 46.1 Å². The molecule has 0 amide bonds. The van der Waals surface area contributed by atoms with Crippen LogP contribution in [0.5, 0.6) is 0 Å². The van der Waals surface area contributed by atoms with Gasteiger partial charge in [0.1, 0.15) is 0 Å². The van der Waals surface area contributed by atoms with Crippen molar-refractivity contribution in [3.63, 3.8) is 0 Å². The second-order valence-electron chi connectivity index (χ2n) is 3.91. The largest absolute Gasteiger partial charge is 0.394 e. The summed E-state index contributed by atoms with van der Waals surface area (Å²) in [6.07, 6.45) is 2.02. The second kappa shape index (κ2) is 7.35. The highest BCUT2D eigenvalue weighted by molar-refractivity contribution is 7.90. The Bertz CT molecular complexity index is 442. The number of aliphatic hydroxyl groups is 1. The van der Waals surface area contributed by atoms with Crippen LogP contribution in [0, 0.1) is 0 Å². The fourth-order valence-corrected chi connectivity index (χ4v) is 2.02. The zero-order chi connectivity index (χ0) is 13.4. The summed E-state index contributed by atoms with van der Waals surface area (Å²) in [7, 11) is -3.13. The highest BCUT2D eigenvalue weighted by atomic mass is 32.2. The Morgan fingerprint density at radius 3 is 2.44 bits per heavy atom. The maximum atomic E-state index is 11.2. The molecule has 0 unspecified atom stereocenters. The van der Waals surface area contributed by atoms with Crippen molar-refractivity contribution in [2.24, 2.45) is 0 Å². The molecule has 0 radical (unpaired) electrons. The van der Waals surface area contributed by atoms with E-state index in [2.05, 4.69) is 5.32 Å². The van der Waals surface area contributed by atoms with E-state index in [4.69, 9.17) is 9.84 Å². The molecular formula is C12H19NO4S. The zero-order valence-electron chi connectivity index (χ0n) is 10.4. The monoisotopic (exact) mass is 273 g/mol. The highest BCUT2D eigenvalue weighted by Gasteiger charge is 2.05. The van der Waals surface area contributed by atoms with Crippen molar-refractivity contribution in [3.05, 3.63) is 24.3 Å². The fraction of sp³-hybridized carbons (Fsp3) is 0.500. The standard InChI is InChI=1S/C12H19NO4S/c1-18(15,16)12-5-3-11(4-6-12)13-7-2-9-17-10-8-14/h3-6,13-14H,2,7-10H2,1H3. The number of benzene rings is 1. The van der Waals surface area contributed by atoms with Gasteiger partial charge in [0.15, 0.2) is 9.84 Å². The Labute approximate surface area is 108 Å². The van der Waals surface area contributed by atoms with E-state index >= 15 is 0 Å². The smallest absolute Gasteiger partial charge is 0.175 e. The molecule has 0 aromatic heterocycles. The number of anilines is 1. The normalized spacial score (nSPS) is 11.4. The zero-order valence-corrected chi connectivity index (χ0v) is 11.2. The molecule has 5 nitrogen and oxygen atoms in total. The van der Waals surface area contributed by atoms with Crippen molar-refractivity contribution in [3.8, 4) is 0 Å². The van der Waals surface area contributed by atoms with Crippen molar-refractivity contribution in [1.29, 1.82) is 0 Å². The average molecular weight is 273 g/mol. The summed E-state index contributed by atoms with van der Waals surface area (Å²) in [6.45, 7) is 1.74. The molecule has 0 heterocycles. The number of nitrogens with one attached hydrogen (secondary N) is 1. The summed E-state index contributed by atoms with van der Waals surface area (Å²) in [4.78, 5) is 0.319. The van der Waals surface area contributed by atoms with Crippen LogP contribution in [0.2, 0.25) is 0 Å². The molecule has 1 aromatic carbocycles. The maximum Gasteiger partial charge on any atom is 0.175 e. The molecule has 0 fully saturated rings. The van der Waals surface area contributed by atoms with Gasteiger partial charge in [-0.3, -0.25) is 0 Å². The van der Waals surface area contributed by atoms with E-state index in [-0.39, 0.29) is 6.61 Å². The van der Waals surface area contributed by atoms with Crippen molar-refractivity contribution in [1.82, 2.24) is 0 Å². The summed E-state index contributed by atoms with van der Waals surface area (Å²) < 4.78 is 27.6. The number of hydrogen-bond acceptors (Lipinski definition) is 5. The lowest BCUT2D eigenvalue weighted by atomic mass is 10.3. The molecule has 0 atom stereocenters. The molecule has 0 aliphatic carbocycles. The van der Waals surface area contributed by atoms with Crippen LogP contribution in [0.1, 0.15) is 6.42 Å². The lowest BCUT2D eigenvalue weighted by Gasteiger charge is -2.07. The van der Waals surface area contributed by atoms with Gasteiger partial charge in [-0.25, -0.2) is 8.42 Å². The molecule has 0 aliphatic heterocycles. The van der Waals surface area contributed by atoms with E-state index in [1.165, 1.54) is 6.26 Å². The van der Waals surface area contributed by atoms with Crippen LogP contribution in [0.4, 0.5) is 5.69 Å². The number of hydrogen-bond donors (Lipinski definition) is 2. The first kappa shape index (κ1) is 14.9. The molecule has 0 bridgehead atoms. The Balaban J connectivity index is 2.32. The summed E-state index contributed by atoms with van der Waals surface area (Å²) in [5.41, 5.74) is 0.879. The molecule has 0 saturated heterocycles. The quantitative estimate of drug-likeness (QED) is 0.688. The van der Waals surface area contributed by atoms with Crippen LogP contribution in [0.3, 0.4) is 0 Å². The van der Waals surface area contributed by atoms with Gasteiger partial charge in [0, 0.05) is 25.1 Å². The number of rotatable bonds is 8. The number of ether oxygens (including phenoxy) is 1.